The molecule has 1 heterocycles. The minimum absolute atomic E-state index is 0.0621. The maximum atomic E-state index is 12.5. The second-order valence-electron chi connectivity index (χ2n) is 6.66. The zero-order chi connectivity index (χ0) is 20.1. The van der Waals surface area contributed by atoms with Gasteiger partial charge in [0.25, 0.3) is 0 Å². The zero-order valence-electron chi connectivity index (χ0n) is 15.6. The van der Waals surface area contributed by atoms with Crippen LogP contribution in [0, 0.1) is 0 Å². The van der Waals surface area contributed by atoms with Gasteiger partial charge in [0.15, 0.2) is 0 Å². The first-order valence-electron chi connectivity index (χ1n) is 9.08. The van der Waals surface area contributed by atoms with E-state index in [1.165, 1.54) is 12.1 Å². The summed E-state index contributed by atoms with van der Waals surface area (Å²) in [5.41, 5.74) is 1.51. The Morgan fingerprint density at radius 3 is 2.46 bits per heavy atom. The van der Waals surface area contributed by atoms with Gasteiger partial charge in [0.1, 0.15) is 11.8 Å². The van der Waals surface area contributed by atoms with Crippen molar-refractivity contribution in [2.75, 3.05) is 36.4 Å². The summed E-state index contributed by atoms with van der Waals surface area (Å²) in [6.45, 7) is 4.12. The van der Waals surface area contributed by atoms with Crippen molar-refractivity contribution in [1.82, 2.24) is 10.2 Å². The van der Waals surface area contributed by atoms with Gasteiger partial charge >= 0.3 is 6.03 Å². The number of carbonyl (C=O) groups excluding carboxylic acids is 2. The van der Waals surface area contributed by atoms with Gasteiger partial charge in [-0.15, -0.1) is 0 Å². The molecule has 3 amide bonds. The Kier molecular flexibility index (Phi) is 6.26. The maximum Gasteiger partial charge on any atom is 0.318 e. The number of rotatable bonds is 4. The highest BCUT2D eigenvalue weighted by Gasteiger charge is 2.24. The fraction of sp³-hybridized carbons (Fsp3) is 0.300. The molecule has 28 heavy (non-hydrogen) atoms. The van der Waals surface area contributed by atoms with Crippen LogP contribution < -0.4 is 15.5 Å². The standard InChI is InChI=1S/C20H23ClN4O3/c1-14(19(27)23-16-5-3-7-18(26)13-16)22-20(28)25-10-8-24(9-11-25)17-6-2-4-15(21)12-17/h2-7,12-14,26H,8-11H2,1H3,(H,22,28)(H,23,27). The molecule has 1 unspecified atom stereocenters. The van der Waals surface area contributed by atoms with Crippen molar-refractivity contribution in [1.29, 1.82) is 0 Å². The van der Waals surface area contributed by atoms with Gasteiger partial charge in [-0.3, -0.25) is 4.79 Å². The fourth-order valence-electron chi connectivity index (χ4n) is 3.02. The van der Waals surface area contributed by atoms with Gasteiger partial charge in [0.2, 0.25) is 5.91 Å². The van der Waals surface area contributed by atoms with Crippen LogP contribution in [0.15, 0.2) is 48.5 Å². The van der Waals surface area contributed by atoms with Crippen LogP contribution in [-0.2, 0) is 4.79 Å². The Balaban J connectivity index is 1.49. The van der Waals surface area contributed by atoms with Crippen LogP contribution in [-0.4, -0.2) is 54.2 Å². The second-order valence-corrected chi connectivity index (χ2v) is 7.10. The van der Waals surface area contributed by atoms with Crippen LogP contribution in [0.5, 0.6) is 5.75 Å². The van der Waals surface area contributed by atoms with Crippen molar-refractivity contribution in [2.24, 2.45) is 0 Å². The summed E-state index contributed by atoms with van der Waals surface area (Å²) in [5, 5.41) is 15.5. The molecule has 8 heteroatoms. The molecule has 0 bridgehead atoms. The number of nitrogens with zero attached hydrogens (tertiary/aromatic N) is 2. The molecule has 3 rings (SSSR count). The number of nitrogens with one attached hydrogen (secondary N) is 2. The molecule has 148 valence electrons. The monoisotopic (exact) mass is 402 g/mol. The highest BCUT2D eigenvalue weighted by Crippen LogP contribution is 2.21. The molecule has 7 nitrogen and oxygen atoms in total. The smallest absolute Gasteiger partial charge is 0.318 e. The summed E-state index contributed by atoms with van der Waals surface area (Å²) in [5.74, 6) is -0.288. The number of hydrogen-bond acceptors (Lipinski definition) is 4. The van der Waals surface area contributed by atoms with E-state index in [1.54, 1.807) is 24.0 Å². The first-order chi connectivity index (χ1) is 13.4. The number of carbonyl (C=O) groups is 2. The zero-order valence-corrected chi connectivity index (χ0v) is 16.3. The molecule has 0 spiro atoms. The highest BCUT2D eigenvalue weighted by atomic mass is 35.5. The first-order valence-corrected chi connectivity index (χ1v) is 9.46. The van der Waals surface area contributed by atoms with Crippen LogP contribution in [0.2, 0.25) is 5.02 Å². The third-order valence-electron chi connectivity index (χ3n) is 4.59. The minimum atomic E-state index is -0.708. The average Bonchev–Trinajstić information content (AvgIpc) is 2.68. The van der Waals surface area contributed by atoms with Crippen molar-refractivity contribution in [3.8, 4) is 5.75 Å². The Bertz CT molecular complexity index is 853. The SMILES string of the molecule is CC(NC(=O)N1CCN(c2cccc(Cl)c2)CC1)C(=O)Nc1cccc(O)c1. The van der Waals surface area contributed by atoms with Crippen LogP contribution in [0.3, 0.4) is 0 Å². The minimum Gasteiger partial charge on any atom is -0.508 e. The average molecular weight is 403 g/mol. The number of hydrogen-bond donors (Lipinski definition) is 3. The summed E-state index contributed by atoms with van der Waals surface area (Å²) >= 11 is 6.04. The lowest BCUT2D eigenvalue weighted by Gasteiger charge is -2.36. The molecule has 1 fully saturated rings. The number of benzene rings is 2. The van der Waals surface area contributed by atoms with Crippen molar-refractivity contribution < 1.29 is 14.7 Å². The van der Waals surface area contributed by atoms with E-state index < -0.39 is 6.04 Å². The number of amides is 3. The number of phenolic OH excluding ortho intramolecular Hbond substituents is 1. The van der Waals surface area contributed by atoms with Gasteiger partial charge in [-0.25, -0.2) is 4.79 Å². The van der Waals surface area contributed by atoms with Crippen molar-refractivity contribution in [3.63, 3.8) is 0 Å². The predicted molar refractivity (Wildman–Crippen MR) is 110 cm³/mol. The lowest BCUT2D eigenvalue weighted by atomic mass is 10.2. The molecule has 2 aromatic rings. The van der Waals surface area contributed by atoms with Gasteiger partial charge in [0, 0.05) is 48.6 Å². The quantitative estimate of drug-likeness (QED) is 0.734. The number of halogens is 1. The fourth-order valence-corrected chi connectivity index (χ4v) is 3.20. The molecule has 1 aliphatic rings. The third kappa shape index (κ3) is 5.07. The van der Waals surface area contributed by atoms with Gasteiger partial charge in [0.05, 0.1) is 0 Å². The van der Waals surface area contributed by atoms with Crippen molar-refractivity contribution in [2.45, 2.75) is 13.0 Å². The Hall–Kier alpha value is -2.93. The highest BCUT2D eigenvalue weighted by molar-refractivity contribution is 6.30. The topological polar surface area (TPSA) is 84.9 Å². The lowest BCUT2D eigenvalue weighted by Crippen LogP contribution is -2.54. The third-order valence-corrected chi connectivity index (χ3v) is 4.82. The van der Waals surface area contributed by atoms with Crippen molar-refractivity contribution in [3.05, 3.63) is 53.6 Å². The molecule has 1 aliphatic heterocycles. The van der Waals surface area contributed by atoms with E-state index in [0.717, 1.165) is 5.69 Å². The summed E-state index contributed by atoms with van der Waals surface area (Å²) in [7, 11) is 0. The number of piperazine rings is 1. The molecule has 1 saturated heterocycles. The summed E-state index contributed by atoms with van der Waals surface area (Å²) in [6.07, 6.45) is 0. The first kappa shape index (κ1) is 19.8. The van der Waals surface area contributed by atoms with E-state index in [4.69, 9.17) is 11.6 Å². The number of anilines is 2. The molecule has 0 aromatic heterocycles. The van der Waals surface area contributed by atoms with E-state index in [0.29, 0.717) is 36.9 Å². The van der Waals surface area contributed by atoms with Gasteiger partial charge < -0.3 is 25.5 Å². The molecular formula is C20H23ClN4O3. The maximum absolute atomic E-state index is 12.5. The van der Waals surface area contributed by atoms with E-state index >= 15 is 0 Å². The van der Waals surface area contributed by atoms with Crippen molar-refractivity contribution >= 4 is 34.9 Å². The van der Waals surface area contributed by atoms with E-state index in [1.807, 2.05) is 24.3 Å². The Morgan fingerprint density at radius 1 is 1.07 bits per heavy atom. The number of aromatic hydroxyl groups is 1. The van der Waals surface area contributed by atoms with Crippen LogP contribution in [0.25, 0.3) is 0 Å². The van der Waals surface area contributed by atoms with E-state index in [9.17, 15) is 14.7 Å². The lowest BCUT2D eigenvalue weighted by molar-refractivity contribution is -0.117. The molecule has 2 aromatic carbocycles. The summed E-state index contributed by atoms with van der Waals surface area (Å²) in [6, 6.07) is 12.9. The van der Waals surface area contributed by atoms with Crippen LogP contribution in [0.4, 0.5) is 16.2 Å². The van der Waals surface area contributed by atoms with Gasteiger partial charge in [-0.2, -0.15) is 0 Å². The largest absolute Gasteiger partial charge is 0.508 e. The van der Waals surface area contributed by atoms with Crippen LogP contribution >= 0.6 is 11.6 Å². The van der Waals surface area contributed by atoms with Gasteiger partial charge in [-0.05, 0) is 37.3 Å². The molecule has 0 radical (unpaired) electrons. The van der Waals surface area contributed by atoms with E-state index in [-0.39, 0.29) is 17.7 Å². The molecule has 3 N–H and O–H groups in total. The number of phenols is 1. The second kappa shape index (κ2) is 8.84. The summed E-state index contributed by atoms with van der Waals surface area (Å²) < 4.78 is 0. The molecular weight excluding hydrogens is 380 g/mol. The number of urea groups is 1. The Morgan fingerprint density at radius 2 is 1.79 bits per heavy atom. The predicted octanol–water partition coefficient (Wildman–Crippen LogP) is 2.90. The van der Waals surface area contributed by atoms with Crippen LogP contribution in [0.1, 0.15) is 6.92 Å². The van der Waals surface area contributed by atoms with E-state index in [2.05, 4.69) is 15.5 Å². The Labute approximate surface area is 168 Å². The molecule has 0 aliphatic carbocycles. The summed E-state index contributed by atoms with van der Waals surface area (Å²) in [4.78, 5) is 28.6. The van der Waals surface area contributed by atoms with Gasteiger partial charge in [-0.1, -0.05) is 23.7 Å². The molecule has 0 saturated carbocycles. The normalized spacial score (nSPS) is 15.1. The molecule has 1 atom stereocenters.